The zero-order valence-electron chi connectivity index (χ0n) is 29.8. The molecule has 6 atom stereocenters. The number of unbranched alkanes of at least 4 members (excludes halogenated alkanes) is 1. The van der Waals surface area contributed by atoms with E-state index in [2.05, 4.69) is 17.2 Å². The molecule has 14 heteroatoms. The molecule has 0 saturated heterocycles. The van der Waals surface area contributed by atoms with Gasteiger partial charge in [-0.15, -0.1) is 19.0 Å². The number of fused-ring (bicyclic) bond motifs is 2. The van der Waals surface area contributed by atoms with Crippen LogP contribution in [0.15, 0.2) is 71.1 Å². The van der Waals surface area contributed by atoms with Gasteiger partial charge in [0.25, 0.3) is 5.91 Å². The van der Waals surface area contributed by atoms with E-state index in [1.807, 2.05) is 19.9 Å². The van der Waals surface area contributed by atoms with Gasteiger partial charge in [0.05, 0.1) is 17.5 Å². The van der Waals surface area contributed by atoms with Crippen molar-refractivity contribution in [2.75, 3.05) is 27.3 Å². The number of nitrogens with one attached hydrogen (secondary N) is 2. The third-order valence-corrected chi connectivity index (χ3v) is 8.28. The number of halogens is 1. The molecule has 2 rings (SSSR count). The first-order chi connectivity index (χ1) is 23.3. The lowest BCUT2D eigenvalue weighted by Crippen LogP contribution is -2.40. The summed E-state index contributed by atoms with van der Waals surface area (Å²) in [4.78, 5) is 65.1. The lowest BCUT2D eigenvalue weighted by Gasteiger charge is -2.32. The summed E-state index contributed by atoms with van der Waals surface area (Å²) >= 11 is 0. The van der Waals surface area contributed by atoms with Crippen molar-refractivity contribution in [3.63, 3.8) is 0 Å². The van der Waals surface area contributed by atoms with Crippen molar-refractivity contribution in [3.05, 3.63) is 71.1 Å². The SMILES string of the molecule is C=CCNC1=C2C[C@@H](C)C[C@@H](OC)[C@H](OC(=O)CCCCN)[C@H](C)/C=C(\C)[C@@H](OC(N)=O)[C@@H](OC)/C=C\C=C(/C)C(=O)NC(=CC1=O)C2=O.Cl. The molecule has 0 saturated carbocycles. The van der Waals surface area contributed by atoms with Gasteiger partial charge in [0.1, 0.15) is 12.2 Å². The number of methoxy groups -OCH3 is 2. The summed E-state index contributed by atoms with van der Waals surface area (Å²) in [6.07, 6.45) is 6.71. The van der Waals surface area contributed by atoms with E-state index >= 15 is 0 Å². The molecule has 0 fully saturated rings. The number of Topliss-reactive ketones (excluding diaryl/α,β-unsaturated/α-hetero) is 1. The van der Waals surface area contributed by atoms with Crippen molar-refractivity contribution in [2.45, 2.75) is 84.2 Å². The highest BCUT2D eigenvalue weighted by Gasteiger charge is 2.35. The van der Waals surface area contributed by atoms with Crippen LogP contribution in [0.2, 0.25) is 0 Å². The zero-order valence-corrected chi connectivity index (χ0v) is 30.6. The molecule has 0 unspecified atom stereocenters. The molecule has 13 nitrogen and oxygen atoms in total. The number of amides is 2. The normalized spacial score (nSPS) is 28.1. The summed E-state index contributed by atoms with van der Waals surface area (Å²) in [5.74, 6) is -2.70. The first-order valence-electron chi connectivity index (χ1n) is 16.4. The molecule has 1 heterocycles. The molecule has 1 aliphatic heterocycles. The van der Waals surface area contributed by atoms with Crippen LogP contribution in [0.4, 0.5) is 4.79 Å². The van der Waals surface area contributed by atoms with E-state index in [1.54, 1.807) is 32.1 Å². The third kappa shape index (κ3) is 13.0. The van der Waals surface area contributed by atoms with Crippen LogP contribution in [-0.2, 0) is 38.1 Å². The zero-order chi connectivity index (χ0) is 36.7. The van der Waals surface area contributed by atoms with Gasteiger partial charge in [-0.05, 0) is 57.6 Å². The predicted octanol–water partition coefficient (Wildman–Crippen LogP) is 3.64. The Kier molecular flexibility index (Phi) is 19.3. The van der Waals surface area contributed by atoms with E-state index in [0.717, 1.165) is 6.08 Å². The van der Waals surface area contributed by atoms with Crippen molar-refractivity contribution < 1.29 is 42.9 Å². The number of ether oxygens (including phenoxy) is 4. The van der Waals surface area contributed by atoms with Crippen molar-refractivity contribution in [1.29, 1.82) is 0 Å². The number of hydrogen-bond donors (Lipinski definition) is 4. The average molecular weight is 721 g/mol. The van der Waals surface area contributed by atoms with Gasteiger partial charge in [0.15, 0.2) is 6.10 Å². The summed E-state index contributed by atoms with van der Waals surface area (Å²) in [6, 6.07) is 0. The predicted molar refractivity (Wildman–Crippen MR) is 192 cm³/mol. The quantitative estimate of drug-likeness (QED) is 0.105. The van der Waals surface area contributed by atoms with Crippen molar-refractivity contribution in [3.8, 4) is 0 Å². The van der Waals surface area contributed by atoms with Crippen LogP contribution in [0.25, 0.3) is 0 Å². The highest BCUT2D eigenvalue weighted by molar-refractivity contribution is 6.23. The highest BCUT2D eigenvalue weighted by Crippen LogP contribution is 2.30. The number of carbonyl (C=O) groups is 5. The van der Waals surface area contributed by atoms with Gasteiger partial charge in [0, 0.05) is 50.3 Å². The fraction of sp³-hybridized carbons (Fsp3) is 0.528. The summed E-state index contributed by atoms with van der Waals surface area (Å²) in [5.41, 5.74) is 12.0. The molecule has 1 aliphatic carbocycles. The Bertz CT molecular complexity index is 1400. The van der Waals surface area contributed by atoms with E-state index in [1.165, 1.54) is 20.3 Å². The van der Waals surface area contributed by atoms with Crippen LogP contribution in [0.3, 0.4) is 0 Å². The first kappa shape index (κ1) is 44.0. The molecule has 50 heavy (non-hydrogen) atoms. The molecule has 2 bridgehead atoms. The van der Waals surface area contributed by atoms with E-state index < -0.39 is 59.9 Å². The molecule has 0 spiro atoms. The number of nitrogens with two attached hydrogens (primary N) is 2. The Morgan fingerprint density at radius 1 is 1.10 bits per heavy atom. The maximum absolute atomic E-state index is 13.8. The monoisotopic (exact) mass is 720 g/mol. The topological polar surface area (TPSA) is 198 Å². The maximum Gasteiger partial charge on any atom is 0.405 e. The minimum absolute atomic E-state index is 0. The van der Waals surface area contributed by atoms with Crippen LogP contribution in [0.1, 0.15) is 59.8 Å². The second-order valence-corrected chi connectivity index (χ2v) is 12.3. The molecule has 278 valence electrons. The number of esters is 1. The van der Waals surface area contributed by atoms with Gasteiger partial charge in [0.2, 0.25) is 11.6 Å². The minimum atomic E-state index is -1.02. The van der Waals surface area contributed by atoms with E-state index in [4.69, 9.17) is 30.4 Å². The van der Waals surface area contributed by atoms with E-state index in [0.29, 0.717) is 31.4 Å². The minimum Gasteiger partial charge on any atom is -0.459 e. The molecule has 2 aliphatic rings. The lowest BCUT2D eigenvalue weighted by molar-refractivity contribution is -0.160. The molecule has 0 aromatic rings. The molecular weight excluding hydrogens is 668 g/mol. The summed E-state index contributed by atoms with van der Waals surface area (Å²) < 4.78 is 23.1. The fourth-order valence-electron chi connectivity index (χ4n) is 5.75. The Morgan fingerprint density at radius 3 is 2.40 bits per heavy atom. The lowest BCUT2D eigenvalue weighted by atomic mass is 9.85. The molecule has 2 amide bonds. The van der Waals surface area contributed by atoms with E-state index in [-0.39, 0.29) is 60.3 Å². The number of allylic oxidation sites excluding steroid dienone is 4. The van der Waals surface area contributed by atoms with Crippen LogP contribution in [-0.4, -0.2) is 81.3 Å². The first-order valence-corrected chi connectivity index (χ1v) is 16.4. The van der Waals surface area contributed by atoms with Crippen LogP contribution in [0, 0.1) is 11.8 Å². The Morgan fingerprint density at radius 2 is 1.80 bits per heavy atom. The average Bonchev–Trinajstić information content (AvgIpc) is 3.05. The van der Waals surface area contributed by atoms with Gasteiger partial charge in [-0.25, -0.2) is 4.79 Å². The van der Waals surface area contributed by atoms with Crippen LogP contribution >= 0.6 is 12.4 Å². The maximum atomic E-state index is 13.8. The van der Waals surface area contributed by atoms with Gasteiger partial charge >= 0.3 is 12.1 Å². The Labute approximate surface area is 301 Å². The second-order valence-electron chi connectivity index (χ2n) is 12.3. The van der Waals surface area contributed by atoms with Crippen molar-refractivity contribution in [2.24, 2.45) is 23.3 Å². The molecular formula is C36H53ClN4O9. The number of ketones is 2. The number of carbonyl (C=O) groups excluding carboxylic acids is 5. The number of rotatable bonds is 11. The summed E-state index contributed by atoms with van der Waals surface area (Å²) in [7, 11) is 2.94. The molecule has 0 aromatic carbocycles. The van der Waals surface area contributed by atoms with Crippen LogP contribution in [0.5, 0.6) is 0 Å². The molecule has 0 aromatic heterocycles. The molecule has 6 N–H and O–H groups in total. The second kappa shape index (κ2) is 21.9. The Balaban J connectivity index is 0.0000125. The smallest absolute Gasteiger partial charge is 0.405 e. The third-order valence-electron chi connectivity index (χ3n) is 8.28. The van der Waals surface area contributed by atoms with Gasteiger partial charge < -0.3 is 41.0 Å². The van der Waals surface area contributed by atoms with Crippen LogP contribution < -0.4 is 22.1 Å². The van der Waals surface area contributed by atoms with Gasteiger partial charge in [-0.1, -0.05) is 44.2 Å². The fourth-order valence-corrected chi connectivity index (χ4v) is 5.75. The standard InChI is InChI=1S/C36H52N4O9.ClH/c1-8-16-39-31-25-17-21(2)18-29(47-7)34(48-30(42)14-9-10-15-37)24(5)19-23(4)33(49-36(38)45)28(46-6)13-11-12-22(3)35(44)40-26(32(25)43)20-27(31)41;/h8,11-13,19-21,24,28-29,33-34,39H,1,9-10,14-18,37H2,2-7H3,(H2,38,45)(H,40,44);1H/b13-11-,22-12+,23-19+;/t21-,24-,28+,29-,33-,34-;/m1./s1. The van der Waals surface area contributed by atoms with E-state index in [9.17, 15) is 24.0 Å². The Hall–Kier alpha value is -4.04. The highest BCUT2D eigenvalue weighted by atomic mass is 35.5. The molecule has 0 radical (unpaired) electrons. The van der Waals surface area contributed by atoms with Crippen molar-refractivity contribution >= 4 is 41.9 Å². The summed E-state index contributed by atoms with van der Waals surface area (Å²) in [6.45, 7) is 11.4. The number of primary amides is 1. The van der Waals surface area contributed by atoms with Crippen molar-refractivity contribution in [1.82, 2.24) is 10.6 Å². The van der Waals surface area contributed by atoms with Gasteiger partial charge in [-0.3, -0.25) is 19.2 Å². The largest absolute Gasteiger partial charge is 0.459 e. The number of hydrogen-bond acceptors (Lipinski definition) is 11. The summed E-state index contributed by atoms with van der Waals surface area (Å²) in [5, 5.41) is 5.56. The van der Waals surface area contributed by atoms with Gasteiger partial charge in [-0.2, -0.15) is 0 Å².